The van der Waals surface area contributed by atoms with Crippen molar-refractivity contribution in [1.82, 2.24) is 9.55 Å². The number of aromatic nitrogens is 2. The summed E-state index contributed by atoms with van der Waals surface area (Å²) in [4.78, 5) is 33.4. The summed E-state index contributed by atoms with van der Waals surface area (Å²) in [5, 5.41) is 10.8. The summed E-state index contributed by atoms with van der Waals surface area (Å²) in [6, 6.07) is 0. The Labute approximate surface area is 85.7 Å². The molecule has 76 valence electrons. The molecular formula is C6H6BrN3O4. The minimum absolute atomic E-state index is 0.260. The lowest BCUT2D eigenvalue weighted by molar-refractivity contribution is -0.386. The molecule has 0 aliphatic rings. The van der Waals surface area contributed by atoms with Crippen molar-refractivity contribution < 1.29 is 4.92 Å². The molecule has 0 saturated carbocycles. The van der Waals surface area contributed by atoms with Crippen molar-refractivity contribution in [2.75, 3.05) is 5.33 Å². The lowest BCUT2D eigenvalue weighted by atomic mass is 10.5. The van der Waals surface area contributed by atoms with Crippen LogP contribution in [0.1, 0.15) is 0 Å². The third-order valence-corrected chi connectivity index (χ3v) is 1.87. The molecule has 8 heteroatoms. The number of aromatic amines is 1. The van der Waals surface area contributed by atoms with Crippen LogP contribution in [0.3, 0.4) is 0 Å². The molecule has 1 aromatic rings. The first kappa shape index (κ1) is 10.6. The second-order valence-electron chi connectivity index (χ2n) is 2.41. The standard InChI is InChI=1S/C6H6BrN3O4/c7-1-2-9-3-4(10(13)14)5(11)8-6(9)12/h3H,1-2H2,(H,8,11,12). The van der Waals surface area contributed by atoms with Gasteiger partial charge in [0.2, 0.25) is 0 Å². The zero-order chi connectivity index (χ0) is 10.7. The van der Waals surface area contributed by atoms with Crippen LogP contribution in [0.4, 0.5) is 5.69 Å². The molecule has 0 saturated heterocycles. The second-order valence-corrected chi connectivity index (χ2v) is 3.21. The predicted octanol–water partition coefficient (Wildman–Crippen LogP) is -0.160. The van der Waals surface area contributed by atoms with E-state index in [1.807, 2.05) is 4.98 Å². The zero-order valence-electron chi connectivity index (χ0n) is 6.90. The summed E-state index contributed by atoms with van der Waals surface area (Å²) in [7, 11) is 0. The number of nitrogens with one attached hydrogen (secondary N) is 1. The van der Waals surface area contributed by atoms with Crippen LogP contribution in [-0.4, -0.2) is 19.8 Å². The normalized spacial score (nSPS) is 10.1. The number of H-pyrrole nitrogens is 1. The van der Waals surface area contributed by atoms with Crippen LogP contribution in [0.25, 0.3) is 0 Å². The van der Waals surface area contributed by atoms with Crippen molar-refractivity contribution in [2.24, 2.45) is 0 Å². The van der Waals surface area contributed by atoms with Gasteiger partial charge >= 0.3 is 16.9 Å². The van der Waals surface area contributed by atoms with Crippen LogP contribution in [0.2, 0.25) is 0 Å². The fourth-order valence-corrected chi connectivity index (χ4v) is 1.27. The van der Waals surface area contributed by atoms with Crippen molar-refractivity contribution >= 4 is 21.6 Å². The number of aryl methyl sites for hydroxylation is 1. The molecule has 7 nitrogen and oxygen atoms in total. The van der Waals surface area contributed by atoms with Crippen molar-refractivity contribution in [3.8, 4) is 0 Å². The van der Waals surface area contributed by atoms with E-state index in [1.54, 1.807) is 0 Å². The molecule has 1 heterocycles. The van der Waals surface area contributed by atoms with Crippen LogP contribution >= 0.6 is 15.9 Å². The molecule has 0 aliphatic heterocycles. The van der Waals surface area contributed by atoms with Gasteiger partial charge in [-0.15, -0.1) is 0 Å². The number of alkyl halides is 1. The van der Waals surface area contributed by atoms with Gasteiger partial charge < -0.3 is 0 Å². The van der Waals surface area contributed by atoms with E-state index < -0.39 is 21.9 Å². The molecule has 0 unspecified atom stereocenters. The number of nitro groups is 1. The third kappa shape index (κ3) is 2.08. The fourth-order valence-electron chi connectivity index (χ4n) is 0.885. The summed E-state index contributed by atoms with van der Waals surface area (Å²) < 4.78 is 1.06. The summed E-state index contributed by atoms with van der Waals surface area (Å²) >= 11 is 3.08. The number of rotatable bonds is 3. The van der Waals surface area contributed by atoms with E-state index >= 15 is 0 Å². The van der Waals surface area contributed by atoms with E-state index in [9.17, 15) is 19.7 Å². The van der Waals surface area contributed by atoms with Gasteiger partial charge in [0.05, 0.1) is 11.1 Å². The van der Waals surface area contributed by atoms with Crippen LogP contribution in [0.5, 0.6) is 0 Å². The highest BCUT2D eigenvalue weighted by Gasteiger charge is 2.14. The molecule has 1 aromatic heterocycles. The first-order valence-electron chi connectivity index (χ1n) is 3.60. The van der Waals surface area contributed by atoms with E-state index in [0.717, 1.165) is 10.8 Å². The fraction of sp³-hybridized carbons (Fsp3) is 0.333. The van der Waals surface area contributed by atoms with Gasteiger partial charge in [-0.05, 0) is 0 Å². The molecule has 0 atom stereocenters. The van der Waals surface area contributed by atoms with Crippen molar-refractivity contribution in [3.05, 3.63) is 37.1 Å². The number of halogens is 1. The maximum Gasteiger partial charge on any atom is 0.350 e. The minimum Gasteiger partial charge on any atom is -0.293 e. The highest BCUT2D eigenvalue weighted by molar-refractivity contribution is 9.09. The summed E-state index contributed by atoms with van der Waals surface area (Å²) in [6.45, 7) is 0.260. The Kier molecular flexibility index (Phi) is 3.18. The van der Waals surface area contributed by atoms with Crippen LogP contribution in [-0.2, 0) is 6.54 Å². The molecule has 0 amide bonds. The van der Waals surface area contributed by atoms with Gasteiger partial charge in [0, 0.05) is 11.9 Å². The first-order valence-corrected chi connectivity index (χ1v) is 4.72. The van der Waals surface area contributed by atoms with Crippen LogP contribution in [0, 0.1) is 10.1 Å². The summed E-state index contributed by atoms with van der Waals surface area (Å²) in [5.74, 6) is 0. The van der Waals surface area contributed by atoms with Crippen LogP contribution < -0.4 is 11.2 Å². The van der Waals surface area contributed by atoms with E-state index in [0.29, 0.717) is 5.33 Å². The molecule has 0 aromatic carbocycles. The lowest BCUT2D eigenvalue weighted by Crippen LogP contribution is -2.31. The molecular weight excluding hydrogens is 258 g/mol. The van der Waals surface area contributed by atoms with Gasteiger partial charge in [-0.3, -0.25) is 24.5 Å². The van der Waals surface area contributed by atoms with Gasteiger partial charge in [-0.1, -0.05) is 15.9 Å². The Balaban J connectivity index is 3.35. The summed E-state index contributed by atoms with van der Waals surface area (Å²) in [6.07, 6.45) is 0.933. The molecule has 0 bridgehead atoms. The van der Waals surface area contributed by atoms with Crippen molar-refractivity contribution in [1.29, 1.82) is 0 Å². The Morgan fingerprint density at radius 2 is 2.21 bits per heavy atom. The maximum atomic E-state index is 11.1. The zero-order valence-corrected chi connectivity index (χ0v) is 8.48. The maximum absolute atomic E-state index is 11.1. The van der Waals surface area contributed by atoms with Gasteiger partial charge in [0.25, 0.3) is 0 Å². The Morgan fingerprint density at radius 1 is 1.57 bits per heavy atom. The second kappa shape index (κ2) is 4.18. The molecule has 0 fully saturated rings. The van der Waals surface area contributed by atoms with Crippen molar-refractivity contribution in [3.63, 3.8) is 0 Å². The largest absolute Gasteiger partial charge is 0.350 e. The van der Waals surface area contributed by atoms with Crippen LogP contribution in [0.15, 0.2) is 15.8 Å². The lowest BCUT2D eigenvalue weighted by Gasteiger charge is -2.00. The summed E-state index contributed by atoms with van der Waals surface area (Å²) in [5.41, 5.74) is -2.27. The number of nitrogens with zero attached hydrogens (tertiary/aromatic N) is 2. The molecule has 0 radical (unpaired) electrons. The van der Waals surface area contributed by atoms with E-state index in [2.05, 4.69) is 15.9 Å². The highest BCUT2D eigenvalue weighted by Crippen LogP contribution is 1.98. The molecule has 1 N–H and O–H groups in total. The Bertz CT molecular complexity index is 463. The van der Waals surface area contributed by atoms with Crippen molar-refractivity contribution in [2.45, 2.75) is 6.54 Å². The molecule has 0 aliphatic carbocycles. The number of hydrogen-bond acceptors (Lipinski definition) is 4. The predicted molar refractivity (Wildman–Crippen MR) is 51.8 cm³/mol. The third-order valence-electron chi connectivity index (χ3n) is 1.51. The SMILES string of the molecule is O=c1[nH]c(=O)n(CCBr)cc1[N+](=O)[O-]. The molecule has 14 heavy (non-hydrogen) atoms. The topological polar surface area (TPSA) is 98.0 Å². The van der Waals surface area contributed by atoms with Gasteiger partial charge in [-0.2, -0.15) is 0 Å². The van der Waals surface area contributed by atoms with Gasteiger partial charge in [0.1, 0.15) is 0 Å². The van der Waals surface area contributed by atoms with Gasteiger partial charge in [0.15, 0.2) is 0 Å². The number of hydrogen-bond donors (Lipinski definition) is 1. The molecule has 0 spiro atoms. The van der Waals surface area contributed by atoms with E-state index in [4.69, 9.17) is 0 Å². The minimum atomic E-state index is -0.981. The highest BCUT2D eigenvalue weighted by atomic mass is 79.9. The van der Waals surface area contributed by atoms with E-state index in [-0.39, 0.29) is 6.54 Å². The van der Waals surface area contributed by atoms with E-state index in [1.165, 1.54) is 0 Å². The molecule has 1 rings (SSSR count). The average Bonchev–Trinajstić information content (AvgIpc) is 2.09. The Hall–Kier alpha value is -1.44. The van der Waals surface area contributed by atoms with Gasteiger partial charge in [-0.25, -0.2) is 4.79 Å². The smallest absolute Gasteiger partial charge is 0.293 e. The first-order chi connectivity index (χ1) is 6.56. The quantitative estimate of drug-likeness (QED) is 0.466. The average molecular weight is 264 g/mol. The Morgan fingerprint density at radius 3 is 2.71 bits per heavy atom. The monoisotopic (exact) mass is 263 g/mol.